The number of halogens is 1. The van der Waals surface area contributed by atoms with E-state index in [0.717, 1.165) is 41.8 Å². The second-order valence-corrected chi connectivity index (χ2v) is 6.64. The number of thiophene rings is 1. The van der Waals surface area contributed by atoms with Crippen LogP contribution in [-0.2, 0) is 6.54 Å². The van der Waals surface area contributed by atoms with Crippen molar-refractivity contribution in [1.29, 1.82) is 0 Å². The van der Waals surface area contributed by atoms with Gasteiger partial charge in [-0.2, -0.15) is 5.10 Å². The first-order valence-corrected chi connectivity index (χ1v) is 8.96. The molecule has 0 saturated carbocycles. The molecule has 0 spiro atoms. The molecule has 1 atom stereocenters. The van der Waals surface area contributed by atoms with Gasteiger partial charge in [0.2, 0.25) is 0 Å². The zero-order chi connectivity index (χ0) is 15.2. The molecule has 0 saturated heterocycles. The summed E-state index contributed by atoms with van der Waals surface area (Å²) >= 11 is 5.40. The van der Waals surface area contributed by atoms with E-state index in [1.807, 2.05) is 6.20 Å². The minimum Gasteiger partial charge on any atom is -0.493 e. The molecule has 2 aromatic rings. The Morgan fingerprint density at radius 2 is 2.24 bits per heavy atom. The molecule has 0 fully saturated rings. The van der Waals surface area contributed by atoms with E-state index < -0.39 is 0 Å². The van der Waals surface area contributed by atoms with Crippen molar-refractivity contribution in [2.75, 3.05) is 13.7 Å². The van der Waals surface area contributed by atoms with E-state index in [1.54, 1.807) is 18.4 Å². The molecule has 0 bridgehead atoms. The highest BCUT2D eigenvalue weighted by Crippen LogP contribution is 2.37. The highest BCUT2D eigenvalue weighted by molar-refractivity contribution is 9.10. The highest BCUT2D eigenvalue weighted by Gasteiger charge is 2.25. The SMILES string of the molecule is CCCNC(c1sccc1Br)c1c(OC)cnn1CCC. The number of nitrogens with one attached hydrogen (secondary N) is 1. The van der Waals surface area contributed by atoms with Crippen molar-refractivity contribution in [3.63, 3.8) is 0 Å². The fourth-order valence-electron chi connectivity index (χ4n) is 2.33. The minimum absolute atomic E-state index is 0.100. The largest absolute Gasteiger partial charge is 0.493 e. The average Bonchev–Trinajstić information content (AvgIpc) is 3.08. The normalized spacial score (nSPS) is 12.6. The van der Waals surface area contributed by atoms with Gasteiger partial charge in [0.05, 0.1) is 19.3 Å². The highest BCUT2D eigenvalue weighted by atomic mass is 79.9. The Kier molecular flexibility index (Phi) is 6.26. The summed E-state index contributed by atoms with van der Waals surface area (Å²) in [5, 5.41) is 10.2. The summed E-state index contributed by atoms with van der Waals surface area (Å²) in [6.07, 6.45) is 3.95. The van der Waals surface area contributed by atoms with Crippen molar-refractivity contribution in [3.05, 3.63) is 32.7 Å². The molecule has 116 valence electrons. The first-order chi connectivity index (χ1) is 10.2. The van der Waals surface area contributed by atoms with Crippen molar-refractivity contribution in [1.82, 2.24) is 15.1 Å². The van der Waals surface area contributed by atoms with Crippen LogP contribution in [0, 0.1) is 0 Å². The molecule has 2 heterocycles. The molecule has 0 amide bonds. The summed E-state index contributed by atoms with van der Waals surface area (Å²) < 4.78 is 8.72. The first-order valence-electron chi connectivity index (χ1n) is 7.28. The molecule has 2 rings (SSSR count). The smallest absolute Gasteiger partial charge is 0.161 e. The van der Waals surface area contributed by atoms with Gasteiger partial charge >= 0.3 is 0 Å². The van der Waals surface area contributed by atoms with Crippen LogP contribution < -0.4 is 10.1 Å². The summed E-state index contributed by atoms with van der Waals surface area (Å²) in [7, 11) is 1.71. The summed E-state index contributed by atoms with van der Waals surface area (Å²) in [5.41, 5.74) is 1.11. The second-order valence-electron chi connectivity index (χ2n) is 4.84. The quantitative estimate of drug-likeness (QED) is 0.754. The van der Waals surface area contributed by atoms with E-state index >= 15 is 0 Å². The predicted molar refractivity (Wildman–Crippen MR) is 91.2 cm³/mol. The van der Waals surface area contributed by atoms with Crippen molar-refractivity contribution in [2.24, 2.45) is 0 Å². The van der Waals surface area contributed by atoms with Crippen LogP contribution in [0.25, 0.3) is 0 Å². The molecule has 0 aromatic carbocycles. The predicted octanol–water partition coefficient (Wildman–Crippen LogP) is 4.21. The van der Waals surface area contributed by atoms with E-state index in [4.69, 9.17) is 4.74 Å². The number of hydrogen-bond acceptors (Lipinski definition) is 4. The Morgan fingerprint density at radius 1 is 1.43 bits per heavy atom. The molecule has 2 aromatic heterocycles. The lowest BCUT2D eigenvalue weighted by Gasteiger charge is -2.20. The van der Waals surface area contributed by atoms with Crippen LogP contribution in [0.1, 0.15) is 43.3 Å². The summed E-state index contributed by atoms with van der Waals surface area (Å²) in [4.78, 5) is 1.26. The Labute approximate surface area is 138 Å². The monoisotopic (exact) mass is 371 g/mol. The molecular formula is C15H22BrN3OS. The van der Waals surface area contributed by atoms with Gasteiger partial charge in [0, 0.05) is 15.9 Å². The molecule has 1 N–H and O–H groups in total. The van der Waals surface area contributed by atoms with Crippen LogP contribution in [0.2, 0.25) is 0 Å². The van der Waals surface area contributed by atoms with Gasteiger partial charge in [-0.3, -0.25) is 4.68 Å². The van der Waals surface area contributed by atoms with Gasteiger partial charge in [-0.25, -0.2) is 0 Å². The molecule has 0 aliphatic rings. The van der Waals surface area contributed by atoms with Crippen LogP contribution in [0.15, 0.2) is 22.1 Å². The molecule has 21 heavy (non-hydrogen) atoms. The molecule has 0 radical (unpaired) electrons. The van der Waals surface area contributed by atoms with E-state index in [9.17, 15) is 0 Å². The number of rotatable bonds is 8. The number of nitrogens with zero attached hydrogens (tertiary/aromatic N) is 2. The Bertz CT molecular complexity index is 567. The maximum Gasteiger partial charge on any atom is 0.161 e. The molecule has 1 unspecified atom stereocenters. The number of aryl methyl sites for hydroxylation is 1. The Balaban J connectivity index is 2.45. The Morgan fingerprint density at radius 3 is 2.81 bits per heavy atom. The molecule has 4 nitrogen and oxygen atoms in total. The van der Waals surface area contributed by atoms with Crippen molar-refractivity contribution in [3.8, 4) is 5.75 Å². The van der Waals surface area contributed by atoms with Crippen molar-refractivity contribution >= 4 is 27.3 Å². The van der Waals surface area contributed by atoms with Crippen molar-refractivity contribution < 1.29 is 4.74 Å². The van der Waals surface area contributed by atoms with E-state index in [1.165, 1.54) is 4.88 Å². The van der Waals surface area contributed by atoms with E-state index in [-0.39, 0.29) is 6.04 Å². The lowest BCUT2D eigenvalue weighted by atomic mass is 10.1. The van der Waals surface area contributed by atoms with Gasteiger partial charge in [0.15, 0.2) is 5.75 Å². The number of methoxy groups -OCH3 is 1. The third-order valence-corrected chi connectivity index (χ3v) is 5.21. The van der Waals surface area contributed by atoms with E-state index in [2.05, 4.69) is 56.3 Å². The number of hydrogen-bond donors (Lipinski definition) is 1. The van der Waals surface area contributed by atoms with Gasteiger partial charge < -0.3 is 10.1 Å². The van der Waals surface area contributed by atoms with Crippen molar-refractivity contribution in [2.45, 2.75) is 39.3 Å². The first kappa shape index (κ1) is 16.5. The second kappa shape index (κ2) is 7.96. The van der Waals surface area contributed by atoms with Gasteiger partial charge in [-0.1, -0.05) is 13.8 Å². The van der Waals surface area contributed by atoms with E-state index in [0.29, 0.717) is 0 Å². The summed E-state index contributed by atoms with van der Waals surface area (Å²) in [6.45, 7) is 6.18. The third kappa shape index (κ3) is 3.67. The minimum atomic E-state index is 0.100. The van der Waals surface area contributed by atoms with Crippen LogP contribution in [0.3, 0.4) is 0 Å². The lowest BCUT2D eigenvalue weighted by Crippen LogP contribution is -2.26. The lowest BCUT2D eigenvalue weighted by molar-refractivity contribution is 0.398. The molecule has 0 aliphatic heterocycles. The van der Waals surface area contributed by atoms with Crippen LogP contribution in [-0.4, -0.2) is 23.4 Å². The van der Waals surface area contributed by atoms with Gasteiger partial charge in [-0.05, 0) is 46.8 Å². The number of aromatic nitrogens is 2. The van der Waals surface area contributed by atoms with Gasteiger partial charge in [0.25, 0.3) is 0 Å². The number of ether oxygens (including phenoxy) is 1. The zero-order valence-corrected chi connectivity index (χ0v) is 15.1. The molecule has 6 heteroatoms. The summed E-state index contributed by atoms with van der Waals surface area (Å²) in [5.74, 6) is 0.845. The fraction of sp³-hybridized carbons (Fsp3) is 0.533. The molecular weight excluding hydrogens is 350 g/mol. The standard InChI is InChI=1S/C15H22BrN3OS/c1-4-7-17-13(15-11(16)6-9-21-15)14-12(20-3)10-18-19(14)8-5-2/h6,9-10,13,17H,4-5,7-8H2,1-3H3. The fourth-order valence-corrected chi connectivity index (χ4v) is 4.01. The maximum atomic E-state index is 5.54. The maximum absolute atomic E-state index is 5.54. The average molecular weight is 372 g/mol. The summed E-state index contributed by atoms with van der Waals surface area (Å²) in [6, 6.07) is 2.19. The Hall–Kier alpha value is -0.850. The van der Waals surface area contributed by atoms with Crippen LogP contribution >= 0.6 is 27.3 Å². The van der Waals surface area contributed by atoms with Gasteiger partial charge in [-0.15, -0.1) is 11.3 Å². The van der Waals surface area contributed by atoms with Crippen LogP contribution in [0.4, 0.5) is 0 Å². The van der Waals surface area contributed by atoms with Gasteiger partial charge in [0.1, 0.15) is 5.69 Å². The van der Waals surface area contributed by atoms with Crippen LogP contribution in [0.5, 0.6) is 5.75 Å². The topological polar surface area (TPSA) is 39.1 Å². The zero-order valence-electron chi connectivity index (χ0n) is 12.7. The molecule has 0 aliphatic carbocycles. The third-order valence-electron chi connectivity index (χ3n) is 3.28.